The third kappa shape index (κ3) is 2.68. The first-order chi connectivity index (χ1) is 7.77. The minimum Gasteiger partial charge on any atom is -0.442 e. The standard InChI is InChI=1S/C11H15N3OS/c1-8(2)3-12-4-9-11(15-6-14-9)10-5-13-7-16-10/h5-8,12H,3-4H2,1-2H3. The Balaban J connectivity index is 2.03. The number of rotatable bonds is 5. The van der Waals surface area contributed by atoms with Crippen LogP contribution in [0.15, 0.2) is 22.5 Å². The molecule has 0 radical (unpaired) electrons. The van der Waals surface area contributed by atoms with Gasteiger partial charge in [0.15, 0.2) is 12.2 Å². The molecule has 0 aliphatic rings. The molecule has 2 heterocycles. The number of nitrogens with one attached hydrogen (secondary N) is 1. The summed E-state index contributed by atoms with van der Waals surface area (Å²) in [5, 5.41) is 3.35. The Morgan fingerprint density at radius 3 is 3.06 bits per heavy atom. The van der Waals surface area contributed by atoms with Crippen molar-refractivity contribution in [3.05, 3.63) is 23.8 Å². The van der Waals surface area contributed by atoms with Crippen molar-refractivity contribution in [3.63, 3.8) is 0 Å². The van der Waals surface area contributed by atoms with Crippen LogP contribution in [0.5, 0.6) is 0 Å². The minimum atomic E-state index is 0.638. The second kappa shape index (κ2) is 5.23. The zero-order valence-electron chi connectivity index (χ0n) is 9.43. The van der Waals surface area contributed by atoms with Gasteiger partial charge in [-0.25, -0.2) is 4.98 Å². The van der Waals surface area contributed by atoms with Crippen molar-refractivity contribution in [2.45, 2.75) is 20.4 Å². The molecule has 2 aromatic heterocycles. The highest BCUT2D eigenvalue weighted by Gasteiger charge is 2.11. The number of oxazole rings is 1. The third-order valence-electron chi connectivity index (χ3n) is 2.14. The van der Waals surface area contributed by atoms with E-state index in [-0.39, 0.29) is 0 Å². The molecule has 0 amide bonds. The maximum atomic E-state index is 5.39. The molecule has 0 fully saturated rings. The van der Waals surface area contributed by atoms with Crippen LogP contribution >= 0.6 is 11.3 Å². The average Bonchev–Trinajstić information content (AvgIpc) is 2.84. The molecule has 2 rings (SSSR count). The van der Waals surface area contributed by atoms with Crippen LogP contribution in [0.4, 0.5) is 0 Å². The molecule has 0 aromatic carbocycles. The van der Waals surface area contributed by atoms with Crippen molar-refractivity contribution in [1.29, 1.82) is 0 Å². The van der Waals surface area contributed by atoms with E-state index in [1.165, 1.54) is 6.39 Å². The molecule has 0 atom stereocenters. The van der Waals surface area contributed by atoms with Crippen LogP contribution in [-0.4, -0.2) is 16.5 Å². The summed E-state index contributed by atoms with van der Waals surface area (Å²) in [7, 11) is 0. The minimum absolute atomic E-state index is 0.638. The monoisotopic (exact) mass is 237 g/mol. The fraction of sp³-hybridized carbons (Fsp3) is 0.455. The molecule has 86 valence electrons. The highest BCUT2D eigenvalue weighted by Crippen LogP contribution is 2.26. The Kier molecular flexibility index (Phi) is 3.69. The number of hydrogen-bond acceptors (Lipinski definition) is 5. The van der Waals surface area contributed by atoms with Gasteiger partial charge < -0.3 is 9.73 Å². The van der Waals surface area contributed by atoms with E-state index in [4.69, 9.17) is 4.42 Å². The van der Waals surface area contributed by atoms with Crippen LogP contribution in [0.25, 0.3) is 10.6 Å². The summed E-state index contributed by atoms with van der Waals surface area (Å²) in [6.45, 7) is 6.08. The van der Waals surface area contributed by atoms with Gasteiger partial charge in [0.1, 0.15) is 5.69 Å². The van der Waals surface area contributed by atoms with Crippen molar-refractivity contribution >= 4 is 11.3 Å². The molecule has 0 saturated carbocycles. The highest BCUT2D eigenvalue weighted by atomic mass is 32.1. The lowest BCUT2D eigenvalue weighted by atomic mass is 10.2. The van der Waals surface area contributed by atoms with E-state index in [0.29, 0.717) is 5.92 Å². The third-order valence-corrected chi connectivity index (χ3v) is 2.91. The van der Waals surface area contributed by atoms with Crippen molar-refractivity contribution in [2.75, 3.05) is 6.54 Å². The van der Waals surface area contributed by atoms with E-state index in [0.717, 1.165) is 29.4 Å². The molecule has 16 heavy (non-hydrogen) atoms. The Morgan fingerprint density at radius 2 is 2.38 bits per heavy atom. The summed E-state index contributed by atoms with van der Waals surface area (Å²) in [5.41, 5.74) is 2.74. The van der Waals surface area contributed by atoms with Gasteiger partial charge in [0.25, 0.3) is 0 Å². The largest absolute Gasteiger partial charge is 0.442 e. The maximum Gasteiger partial charge on any atom is 0.181 e. The van der Waals surface area contributed by atoms with E-state index in [9.17, 15) is 0 Å². The molecule has 4 nitrogen and oxygen atoms in total. The van der Waals surface area contributed by atoms with Gasteiger partial charge >= 0.3 is 0 Å². The quantitative estimate of drug-likeness (QED) is 0.868. The second-order valence-corrected chi connectivity index (χ2v) is 4.90. The number of nitrogens with zero attached hydrogens (tertiary/aromatic N) is 2. The Hall–Kier alpha value is -1.20. The van der Waals surface area contributed by atoms with Gasteiger partial charge in [0.05, 0.1) is 10.4 Å². The zero-order chi connectivity index (χ0) is 11.4. The van der Waals surface area contributed by atoms with Crippen LogP contribution in [0.3, 0.4) is 0 Å². The molecule has 2 aromatic rings. The van der Waals surface area contributed by atoms with Gasteiger partial charge in [-0.05, 0) is 12.5 Å². The van der Waals surface area contributed by atoms with Crippen LogP contribution in [0.2, 0.25) is 0 Å². The highest BCUT2D eigenvalue weighted by molar-refractivity contribution is 7.13. The summed E-state index contributed by atoms with van der Waals surface area (Å²) < 4.78 is 5.39. The Bertz CT molecular complexity index is 422. The van der Waals surface area contributed by atoms with E-state index in [2.05, 4.69) is 29.1 Å². The smallest absolute Gasteiger partial charge is 0.181 e. The van der Waals surface area contributed by atoms with Crippen LogP contribution in [-0.2, 0) is 6.54 Å². The maximum absolute atomic E-state index is 5.39. The molecule has 0 bridgehead atoms. The first-order valence-corrected chi connectivity index (χ1v) is 6.17. The SMILES string of the molecule is CC(C)CNCc1ncoc1-c1cncs1. The topological polar surface area (TPSA) is 51.0 Å². The van der Waals surface area contributed by atoms with Crippen molar-refractivity contribution in [3.8, 4) is 10.6 Å². The van der Waals surface area contributed by atoms with Crippen LogP contribution in [0, 0.1) is 5.92 Å². The normalized spacial score (nSPS) is 11.2. The van der Waals surface area contributed by atoms with Crippen molar-refractivity contribution < 1.29 is 4.42 Å². The van der Waals surface area contributed by atoms with Gasteiger partial charge in [0.2, 0.25) is 0 Å². The molecule has 1 N–H and O–H groups in total. The van der Waals surface area contributed by atoms with Crippen molar-refractivity contribution in [1.82, 2.24) is 15.3 Å². The molecular formula is C11H15N3OS. The average molecular weight is 237 g/mol. The van der Waals surface area contributed by atoms with E-state index >= 15 is 0 Å². The predicted molar refractivity (Wildman–Crippen MR) is 64.2 cm³/mol. The number of hydrogen-bond donors (Lipinski definition) is 1. The summed E-state index contributed by atoms with van der Waals surface area (Å²) in [6.07, 6.45) is 3.29. The lowest BCUT2D eigenvalue weighted by Crippen LogP contribution is -2.19. The lowest BCUT2D eigenvalue weighted by molar-refractivity contribution is 0.545. The lowest BCUT2D eigenvalue weighted by Gasteiger charge is -2.05. The summed E-state index contributed by atoms with van der Waals surface area (Å²) in [4.78, 5) is 9.28. The first kappa shape index (κ1) is 11.3. The van der Waals surface area contributed by atoms with Gasteiger partial charge in [-0.3, -0.25) is 4.98 Å². The molecule has 5 heteroatoms. The van der Waals surface area contributed by atoms with E-state index in [1.807, 2.05) is 0 Å². The van der Waals surface area contributed by atoms with Gasteiger partial charge in [-0.1, -0.05) is 13.8 Å². The molecular weight excluding hydrogens is 222 g/mol. The van der Waals surface area contributed by atoms with Crippen molar-refractivity contribution in [2.24, 2.45) is 5.92 Å². The molecule has 0 spiro atoms. The predicted octanol–water partition coefficient (Wildman–Crippen LogP) is 2.54. The fourth-order valence-corrected chi connectivity index (χ4v) is 2.03. The van der Waals surface area contributed by atoms with Gasteiger partial charge in [0, 0.05) is 12.7 Å². The fourth-order valence-electron chi connectivity index (χ4n) is 1.40. The number of aromatic nitrogens is 2. The summed E-state index contributed by atoms with van der Waals surface area (Å²) >= 11 is 1.56. The first-order valence-electron chi connectivity index (χ1n) is 5.29. The van der Waals surface area contributed by atoms with Gasteiger partial charge in [-0.15, -0.1) is 11.3 Å². The number of thiazole rings is 1. The van der Waals surface area contributed by atoms with Crippen LogP contribution in [0.1, 0.15) is 19.5 Å². The summed E-state index contributed by atoms with van der Waals surface area (Å²) in [5.74, 6) is 1.47. The Labute approximate surface area is 98.7 Å². The summed E-state index contributed by atoms with van der Waals surface area (Å²) in [6, 6.07) is 0. The zero-order valence-corrected chi connectivity index (χ0v) is 10.3. The Morgan fingerprint density at radius 1 is 1.50 bits per heavy atom. The second-order valence-electron chi connectivity index (χ2n) is 4.02. The van der Waals surface area contributed by atoms with Gasteiger partial charge in [-0.2, -0.15) is 0 Å². The van der Waals surface area contributed by atoms with Crippen LogP contribution < -0.4 is 5.32 Å². The molecule has 0 aliphatic carbocycles. The molecule has 0 unspecified atom stereocenters. The van der Waals surface area contributed by atoms with E-state index in [1.54, 1.807) is 23.0 Å². The van der Waals surface area contributed by atoms with E-state index < -0.39 is 0 Å². The molecule has 0 saturated heterocycles. The molecule has 0 aliphatic heterocycles.